The average molecular weight is 266 g/mol. The molecule has 1 aliphatic rings. The van der Waals surface area contributed by atoms with Crippen LogP contribution >= 0.6 is 0 Å². The normalized spacial score (nSPS) is 18.4. The number of carboxylic acid groups (broad SMARTS) is 1. The Balaban J connectivity index is 2.06. The van der Waals surface area contributed by atoms with Crippen LogP contribution in [-0.4, -0.2) is 42.1 Å². The fraction of sp³-hybridized carbons (Fsp3) is 0.385. The second-order valence-electron chi connectivity index (χ2n) is 4.59. The van der Waals surface area contributed by atoms with E-state index in [1.165, 1.54) is 28.0 Å². The summed E-state index contributed by atoms with van der Waals surface area (Å²) in [5.41, 5.74) is 0.448. The number of halogens is 1. The Hall–Kier alpha value is -2.11. The molecule has 1 fully saturated rings. The van der Waals surface area contributed by atoms with Gasteiger partial charge in [-0.25, -0.2) is 9.18 Å². The maximum atomic E-state index is 13.1. The summed E-state index contributed by atoms with van der Waals surface area (Å²) in [6, 6.07) is 5.42. The molecule has 5 nitrogen and oxygen atoms in total. The van der Waals surface area contributed by atoms with Crippen molar-refractivity contribution >= 4 is 17.7 Å². The van der Waals surface area contributed by atoms with Crippen LogP contribution in [0.2, 0.25) is 0 Å². The summed E-state index contributed by atoms with van der Waals surface area (Å²) < 4.78 is 13.1. The van der Waals surface area contributed by atoms with Crippen LogP contribution in [0.5, 0.6) is 0 Å². The second-order valence-corrected chi connectivity index (χ2v) is 4.59. The smallest absolute Gasteiger partial charge is 0.324 e. The number of carboxylic acids is 1. The summed E-state index contributed by atoms with van der Waals surface area (Å²) in [5, 5.41) is 8.90. The Bertz CT molecular complexity index is 506. The number of aliphatic carboxylic acids is 1. The zero-order chi connectivity index (χ0) is 14.0. The molecule has 2 amide bonds. The predicted molar refractivity (Wildman–Crippen MR) is 67.5 cm³/mol. The maximum absolute atomic E-state index is 13.1. The fourth-order valence-corrected chi connectivity index (χ4v) is 2.14. The van der Waals surface area contributed by atoms with Gasteiger partial charge in [0.15, 0.2) is 0 Å². The predicted octanol–water partition coefficient (Wildman–Crippen LogP) is 1.79. The van der Waals surface area contributed by atoms with E-state index >= 15 is 0 Å². The molecule has 0 aromatic heterocycles. The van der Waals surface area contributed by atoms with Crippen molar-refractivity contribution in [3.63, 3.8) is 0 Å². The Labute approximate surface area is 110 Å². The first-order chi connectivity index (χ1) is 8.99. The van der Waals surface area contributed by atoms with Gasteiger partial charge in [0.1, 0.15) is 5.82 Å². The average Bonchev–Trinajstić information content (AvgIpc) is 2.86. The van der Waals surface area contributed by atoms with E-state index in [9.17, 15) is 14.0 Å². The van der Waals surface area contributed by atoms with Crippen LogP contribution in [0.3, 0.4) is 0 Å². The number of urea groups is 1. The van der Waals surface area contributed by atoms with Crippen LogP contribution in [0, 0.1) is 11.7 Å². The second kappa shape index (κ2) is 5.26. The largest absolute Gasteiger partial charge is 0.481 e. The van der Waals surface area contributed by atoms with E-state index < -0.39 is 17.7 Å². The van der Waals surface area contributed by atoms with E-state index in [0.29, 0.717) is 18.7 Å². The van der Waals surface area contributed by atoms with E-state index in [2.05, 4.69) is 0 Å². The maximum Gasteiger partial charge on any atom is 0.324 e. The quantitative estimate of drug-likeness (QED) is 0.887. The molecule has 1 atom stereocenters. The molecule has 0 radical (unpaired) electrons. The molecule has 6 heteroatoms. The minimum absolute atomic E-state index is 0.202. The monoisotopic (exact) mass is 266 g/mol. The first-order valence-electron chi connectivity index (χ1n) is 6.00. The van der Waals surface area contributed by atoms with Gasteiger partial charge >= 0.3 is 12.0 Å². The number of likely N-dealkylation sites (tertiary alicyclic amines) is 1. The van der Waals surface area contributed by atoms with Gasteiger partial charge in [-0.05, 0) is 24.6 Å². The standard InChI is InChI=1S/C13H15FN2O3/c1-15(11-4-2-3-10(14)7-11)13(19)16-6-5-9(8-16)12(17)18/h2-4,7,9H,5-6,8H2,1H3,(H,17,18). The van der Waals surface area contributed by atoms with Crippen molar-refractivity contribution in [2.24, 2.45) is 5.92 Å². The number of rotatable bonds is 2. The molecular formula is C13H15FN2O3. The van der Waals surface area contributed by atoms with Crippen LogP contribution in [0.25, 0.3) is 0 Å². The molecule has 1 aliphatic heterocycles. The highest BCUT2D eigenvalue weighted by molar-refractivity contribution is 5.92. The topological polar surface area (TPSA) is 60.9 Å². The van der Waals surface area contributed by atoms with Gasteiger partial charge in [-0.1, -0.05) is 6.07 Å². The van der Waals surface area contributed by atoms with Crippen molar-refractivity contribution in [3.8, 4) is 0 Å². The van der Waals surface area contributed by atoms with Crippen LogP contribution in [0.4, 0.5) is 14.9 Å². The molecule has 1 aromatic rings. The molecule has 2 rings (SSSR count). The van der Waals surface area contributed by atoms with Crippen LogP contribution < -0.4 is 4.90 Å². The van der Waals surface area contributed by atoms with Gasteiger partial charge in [-0.3, -0.25) is 9.69 Å². The summed E-state index contributed by atoms with van der Waals surface area (Å²) in [5.74, 6) is -1.81. The third-order valence-electron chi connectivity index (χ3n) is 3.29. The molecule has 1 heterocycles. The lowest BCUT2D eigenvalue weighted by atomic mass is 10.1. The minimum atomic E-state index is -0.885. The van der Waals surface area contributed by atoms with Crippen molar-refractivity contribution in [1.82, 2.24) is 4.90 Å². The van der Waals surface area contributed by atoms with Gasteiger partial charge in [-0.15, -0.1) is 0 Å². The number of carbonyl (C=O) groups excluding carboxylic acids is 1. The molecule has 19 heavy (non-hydrogen) atoms. The van der Waals surface area contributed by atoms with E-state index in [4.69, 9.17) is 5.11 Å². The number of hydrogen-bond acceptors (Lipinski definition) is 2. The van der Waals surface area contributed by atoms with Crippen LogP contribution in [-0.2, 0) is 4.79 Å². The number of amides is 2. The highest BCUT2D eigenvalue weighted by Crippen LogP contribution is 2.21. The summed E-state index contributed by atoms with van der Waals surface area (Å²) in [4.78, 5) is 25.8. The van der Waals surface area contributed by atoms with Gasteiger partial charge in [0.25, 0.3) is 0 Å². The Morgan fingerprint density at radius 1 is 1.47 bits per heavy atom. The van der Waals surface area contributed by atoms with E-state index in [-0.39, 0.29) is 12.6 Å². The van der Waals surface area contributed by atoms with Crippen molar-refractivity contribution in [3.05, 3.63) is 30.1 Å². The van der Waals surface area contributed by atoms with E-state index in [1.54, 1.807) is 13.1 Å². The molecule has 102 valence electrons. The molecule has 1 saturated heterocycles. The SMILES string of the molecule is CN(C(=O)N1CCC(C(=O)O)C1)c1cccc(F)c1. The fourth-order valence-electron chi connectivity index (χ4n) is 2.14. The molecule has 1 N–H and O–H groups in total. The van der Waals surface area contributed by atoms with Crippen molar-refractivity contribution in [2.45, 2.75) is 6.42 Å². The molecular weight excluding hydrogens is 251 g/mol. The van der Waals surface area contributed by atoms with Crippen LogP contribution in [0.1, 0.15) is 6.42 Å². The summed E-state index contributed by atoms with van der Waals surface area (Å²) in [6.45, 7) is 0.614. The first-order valence-corrected chi connectivity index (χ1v) is 6.00. The van der Waals surface area contributed by atoms with Crippen LogP contribution in [0.15, 0.2) is 24.3 Å². The molecule has 1 unspecified atom stereocenters. The Morgan fingerprint density at radius 2 is 2.21 bits per heavy atom. The molecule has 0 aliphatic carbocycles. The highest BCUT2D eigenvalue weighted by Gasteiger charge is 2.32. The number of carbonyl (C=O) groups is 2. The minimum Gasteiger partial charge on any atom is -0.481 e. The highest BCUT2D eigenvalue weighted by atomic mass is 19.1. The van der Waals surface area contributed by atoms with Gasteiger partial charge in [0.05, 0.1) is 5.92 Å². The first kappa shape index (κ1) is 13.3. The third-order valence-corrected chi connectivity index (χ3v) is 3.29. The number of anilines is 1. The van der Waals surface area contributed by atoms with E-state index in [1.807, 2.05) is 0 Å². The molecule has 0 saturated carbocycles. The lowest BCUT2D eigenvalue weighted by Gasteiger charge is -2.24. The van der Waals surface area contributed by atoms with Crippen molar-refractivity contribution in [1.29, 1.82) is 0 Å². The van der Waals surface area contributed by atoms with Gasteiger partial charge in [-0.2, -0.15) is 0 Å². The molecule has 0 bridgehead atoms. The number of nitrogens with zero attached hydrogens (tertiary/aromatic N) is 2. The summed E-state index contributed by atoms with van der Waals surface area (Å²) in [6.07, 6.45) is 0.456. The molecule has 0 spiro atoms. The van der Waals surface area contributed by atoms with Gasteiger partial charge in [0, 0.05) is 25.8 Å². The summed E-state index contributed by atoms with van der Waals surface area (Å²) in [7, 11) is 1.55. The zero-order valence-corrected chi connectivity index (χ0v) is 10.5. The molecule has 1 aromatic carbocycles. The lowest BCUT2D eigenvalue weighted by Crippen LogP contribution is -2.40. The number of hydrogen-bond donors (Lipinski definition) is 1. The van der Waals surface area contributed by atoms with Gasteiger partial charge < -0.3 is 10.0 Å². The number of benzene rings is 1. The van der Waals surface area contributed by atoms with Crippen molar-refractivity contribution < 1.29 is 19.1 Å². The lowest BCUT2D eigenvalue weighted by molar-refractivity contribution is -0.141. The summed E-state index contributed by atoms with van der Waals surface area (Å²) >= 11 is 0. The zero-order valence-electron chi connectivity index (χ0n) is 10.5. The third kappa shape index (κ3) is 2.83. The van der Waals surface area contributed by atoms with Gasteiger partial charge in [0.2, 0.25) is 0 Å². The Morgan fingerprint density at radius 3 is 2.79 bits per heavy atom. The van der Waals surface area contributed by atoms with Crippen molar-refractivity contribution in [2.75, 3.05) is 25.0 Å². The van der Waals surface area contributed by atoms with E-state index in [0.717, 1.165) is 0 Å². The Kier molecular flexibility index (Phi) is 3.69.